The lowest BCUT2D eigenvalue weighted by molar-refractivity contribution is 0.428. The summed E-state index contributed by atoms with van der Waals surface area (Å²) in [5.74, 6) is -0.157. The Kier molecular flexibility index (Phi) is 4.51. The second-order valence-corrected chi connectivity index (χ2v) is 3.71. The van der Waals surface area contributed by atoms with Gasteiger partial charge in [-0.25, -0.2) is 4.39 Å². The van der Waals surface area contributed by atoms with Gasteiger partial charge in [0.2, 0.25) is 0 Å². The smallest absolute Gasteiger partial charge is 0.123 e. The van der Waals surface area contributed by atoms with Gasteiger partial charge in [0.1, 0.15) is 5.82 Å². The summed E-state index contributed by atoms with van der Waals surface area (Å²) in [5.41, 5.74) is 2.21. The van der Waals surface area contributed by atoms with Crippen LogP contribution in [-0.4, -0.2) is 19.6 Å². The quantitative estimate of drug-likeness (QED) is 0.769. The Morgan fingerprint density at radius 1 is 1.33 bits per heavy atom. The lowest BCUT2D eigenvalue weighted by Gasteiger charge is -2.26. The Morgan fingerprint density at radius 3 is 2.73 bits per heavy atom. The number of aryl methyl sites for hydroxylation is 1. The molecule has 2 N–H and O–H groups in total. The van der Waals surface area contributed by atoms with Gasteiger partial charge in [0.15, 0.2) is 0 Å². The molecule has 84 valence electrons. The summed E-state index contributed by atoms with van der Waals surface area (Å²) in [5, 5.41) is 6.73. The molecule has 1 aromatic carbocycles. The standard InChI is InChI=1S/C11H15FN2.ClH/c1-8-6-9(12)2-3-10(8)11-7-13-4-5-14-11;/h2-3,6,11,13-14H,4-5,7H2,1H3;1H. The molecule has 0 spiro atoms. The first kappa shape index (κ1) is 12.4. The summed E-state index contributed by atoms with van der Waals surface area (Å²) in [7, 11) is 0. The third-order valence-electron chi connectivity index (χ3n) is 2.65. The van der Waals surface area contributed by atoms with Gasteiger partial charge in [0, 0.05) is 25.7 Å². The molecule has 0 bridgehead atoms. The van der Waals surface area contributed by atoms with Crippen molar-refractivity contribution in [1.82, 2.24) is 10.6 Å². The van der Waals surface area contributed by atoms with Gasteiger partial charge in [-0.2, -0.15) is 0 Å². The van der Waals surface area contributed by atoms with E-state index < -0.39 is 0 Å². The lowest BCUT2D eigenvalue weighted by Crippen LogP contribution is -2.42. The van der Waals surface area contributed by atoms with Crippen LogP contribution in [0.3, 0.4) is 0 Å². The van der Waals surface area contributed by atoms with E-state index in [-0.39, 0.29) is 18.2 Å². The molecule has 0 radical (unpaired) electrons. The summed E-state index contributed by atoms with van der Waals surface area (Å²) < 4.78 is 12.9. The second kappa shape index (κ2) is 5.45. The highest BCUT2D eigenvalue weighted by atomic mass is 35.5. The number of hydrogen-bond acceptors (Lipinski definition) is 2. The minimum Gasteiger partial charge on any atom is -0.314 e. The van der Waals surface area contributed by atoms with Gasteiger partial charge in [-0.05, 0) is 30.2 Å². The van der Waals surface area contributed by atoms with E-state index in [2.05, 4.69) is 10.6 Å². The van der Waals surface area contributed by atoms with E-state index in [0.29, 0.717) is 6.04 Å². The Hall–Kier alpha value is -0.640. The molecule has 1 fully saturated rings. The average Bonchev–Trinajstić information content (AvgIpc) is 2.19. The molecular formula is C11H16ClFN2. The van der Waals surface area contributed by atoms with Crippen molar-refractivity contribution in [3.05, 3.63) is 35.1 Å². The van der Waals surface area contributed by atoms with Gasteiger partial charge >= 0.3 is 0 Å². The highest BCUT2D eigenvalue weighted by Crippen LogP contribution is 2.18. The van der Waals surface area contributed by atoms with Crippen molar-refractivity contribution in [2.24, 2.45) is 0 Å². The van der Waals surface area contributed by atoms with E-state index in [9.17, 15) is 4.39 Å². The van der Waals surface area contributed by atoms with Crippen molar-refractivity contribution in [2.45, 2.75) is 13.0 Å². The van der Waals surface area contributed by atoms with Crippen molar-refractivity contribution in [3.8, 4) is 0 Å². The minimum absolute atomic E-state index is 0. The van der Waals surface area contributed by atoms with Crippen LogP contribution >= 0.6 is 12.4 Å². The van der Waals surface area contributed by atoms with E-state index in [0.717, 1.165) is 25.2 Å². The third-order valence-corrected chi connectivity index (χ3v) is 2.65. The van der Waals surface area contributed by atoms with Crippen LogP contribution in [0.15, 0.2) is 18.2 Å². The molecule has 2 nitrogen and oxygen atoms in total. The van der Waals surface area contributed by atoms with Crippen molar-refractivity contribution in [3.63, 3.8) is 0 Å². The number of hydrogen-bond donors (Lipinski definition) is 2. The van der Waals surface area contributed by atoms with E-state index in [1.165, 1.54) is 11.6 Å². The fourth-order valence-corrected chi connectivity index (χ4v) is 1.90. The van der Waals surface area contributed by atoms with Gasteiger partial charge in [0.25, 0.3) is 0 Å². The van der Waals surface area contributed by atoms with Crippen LogP contribution in [0.1, 0.15) is 17.2 Å². The average molecular weight is 231 g/mol. The van der Waals surface area contributed by atoms with Crippen LogP contribution in [0.2, 0.25) is 0 Å². The Morgan fingerprint density at radius 2 is 2.13 bits per heavy atom. The normalized spacial score (nSPS) is 20.8. The third kappa shape index (κ3) is 2.91. The van der Waals surface area contributed by atoms with Crippen LogP contribution in [0.5, 0.6) is 0 Å². The fraction of sp³-hybridized carbons (Fsp3) is 0.455. The first-order valence-corrected chi connectivity index (χ1v) is 4.97. The molecule has 1 aliphatic rings. The molecule has 2 rings (SSSR count). The highest BCUT2D eigenvalue weighted by molar-refractivity contribution is 5.85. The Balaban J connectivity index is 0.00000112. The molecule has 1 aromatic rings. The van der Waals surface area contributed by atoms with Crippen molar-refractivity contribution in [2.75, 3.05) is 19.6 Å². The van der Waals surface area contributed by atoms with E-state index in [4.69, 9.17) is 0 Å². The molecule has 0 amide bonds. The summed E-state index contributed by atoms with van der Waals surface area (Å²) in [6, 6.07) is 5.31. The van der Waals surface area contributed by atoms with Crippen LogP contribution in [0.4, 0.5) is 4.39 Å². The molecular weight excluding hydrogens is 215 g/mol. The molecule has 0 aromatic heterocycles. The van der Waals surface area contributed by atoms with Gasteiger partial charge in [0.05, 0.1) is 0 Å². The van der Waals surface area contributed by atoms with Crippen LogP contribution in [0, 0.1) is 12.7 Å². The zero-order chi connectivity index (χ0) is 9.97. The summed E-state index contributed by atoms with van der Waals surface area (Å²) >= 11 is 0. The topological polar surface area (TPSA) is 24.1 Å². The number of rotatable bonds is 1. The fourth-order valence-electron chi connectivity index (χ4n) is 1.90. The molecule has 1 aliphatic heterocycles. The highest BCUT2D eigenvalue weighted by Gasteiger charge is 2.15. The van der Waals surface area contributed by atoms with E-state index in [1.54, 1.807) is 6.07 Å². The summed E-state index contributed by atoms with van der Waals surface area (Å²) in [4.78, 5) is 0. The molecule has 1 saturated heterocycles. The molecule has 4 heteroatoms. The van der Waals surface area contributed by atoms with Gasteiger partial charge in [-0.3, -0.25) is 0 Å². The number of nitrogens with one attached hydrogen (secondary N) is 2. The van der Waals surface area contributed by atoms with Crippen LogP contribution in [0.25, 0.3) is 0 Å². The van der Waals surface area contributed by atoms with Crippen molar-refractivity contribution < 1.29 is 4.39 Å². The minimum atomic E-state index is -0.157. The maximum Gasteiger partial charge on any atom is 0.123 e. The molecule has 0 aliphatic carbocycles. The lowest BCUT2D eigenvalue weighted by atomic mass is 10.00. The van der Waals surface area contributed by atoms with Crippen molar-refractivity contribution >= 4 is 12.4 Å². The SMILES string of the molecule is Cc1cc(F)ccc1C1CNCCN1.Cl. The first-order valence-electron chi connectivity index (χ1n) is 4.97. The number of piperazine rings is 1. The van der Waals surface area contributed by atoms with Gasteiger partial charge in [-0.1, -0.05) is 6.07 Å². The van der Waals surface area contributed by atoms with Crippen LogP contribution in [-0.2, 0) is 0 Å². The maximum atomic E-state index is 12.9. The molecule has 1 atom stereocenters. The summed E-state index contributed by atoms with van der Waals surface area (Å²) in [6.07, 6.45) is 0. The monoisotopic (exact) mass is 230 g/mol. The van der Waals surface area contributed by atoms with Gasteiger partial charge in [-0.15, -0.1) is 12.4 Å². The maximum absolute atomic E-state index is 12.9. The molecule has 15 heavy (non-hydrogen) atoms. The first-order chi connectivity index (χ1) is 6.77. The Labute approximate surface area is 95.7 Å². The Bertz CT molecular complexity index is 324. The van der Waals surface area contributed by atoms with E-state index >= 15 is 0 Å². The zero-order valence-corrected chi connectivity index (χ0v) is 9.53. The predicted molar refractivity (Wildman–Crippen MR) is 62.0 cm³/mol. The largest absolute Gasteiger partial charge is 0.314 e. The number of benzene rings is 1. The molecule has 1 heterocycles. The number of halogens is 2. The van der Waals surface area contributed by atoms with E-state index in [1.807, 2.05) is 13.0 Å². The van der Waals surface area contributed by atoms with Gasteiger partial charge < -0.3 is 10.6 Å². The second-order valence-electron chi connectivity index (χ2n) is 3.71. The zero-order valence-electron chi connectivity index (χ0n) is 8.72. The molecule has 1 unspecified atom stereocenters. The predicted octanol–water partition coefficient (Wildman–Crippen LogP) is 1.79. The molecule has 0 saturated carbocycles. The summed E-state index contributed by atoms with van der Waals surface area (Å²) in [6.45, 7) is 4.86. The van der Waals surface area contributed by atoms with Crippen LogP contribution < -0.4 is 10.6 Å². The van der Waals surface area contributed by atoms with Crippen molar-refractivity contribution in [1.29, 1.82) is 0 Å².